The Labute approximate surface area is 69.2 Å². The van der Waals surface area contributed by atoms with Gasteiger partial charge in [0.2, 0.25) is 0 Å². The number of benzene rings is 1. The van der Waals surface area contributed by atoms with E-state index in [1.165, 1.54) is 5.46 Å². The number of hydrogen-bond donors (Lipinski definition) is 1. The molecule has 0 aromatic heterocycles. The lowest BCUT2D eigenvalue weighted by atomic mass is 9.96. The summed E-state index contributed by atoms with van der Waals surface area (Å²) >= 11 is 2.22. The number of anilines is 1. The van der Waals surface area contributed by atoms with Gasteiger partial charge in [0.15, 0.2) is 0 Å². The summed E-state index contributed by atoms with van der Waals surface area (Å²) in [6.07, 6.45) is 0. The van der Waals surface area contributed by atoms with Gasteiger partial charge in [-0.25, -0.2) is 0 Å². The number of nitrogen functional groups attached to an aromatic ring is 1. The minimum Gasteiger partial charge on any atom is -0.398 e. The van der Waals surface area contributed by atoms with Crippen LogP contribution in [0.25, 0.3) is 0 Å². The van der Waals surface area contributed by atoms with E-state index in [1.54, 1.807) is 0 Å². The van der Waals surface area contributed by atoms with Crippen molar-refractivity contribution < 1.29 is 0 Å². The summed E-state index contributed by atoms with van der Waals surface area (Å²) < 4.78 is 1.12. The molecule has 1 aromatic carbocycles. The van der Waals surface area contributed by atoms with Crippen molar-refractivity contribution in [3.05, 3.63) is 21.8 Å². The van der Waals surface area contributed by atoms with Gasteiger partial charge in [0, 0.05) is 9.26 Å². The third-order valence-electron chi connectivity index (χ3n) is 1.15. The van der Waals surface area contributed by atoms with Gasteiger partial charge in [0.1, 0.15) is 7.85 Å². The SMILES string of the molecule is Bc1ccc(I)c(N)c1. The average molecular weight is 231 g/mol. The Balaban J connectivity index is 3.17. The highest BCUT2D eigenvalue weighted by atomic mass is 127. The third kappa shape index (κ3) is 1.61. The van der Waals surface area contributed by atoms with Gasteiger partial charge in [-0.15, -0.1) is 0 Å². The predicted octanol–water partition coefficient (Wildman–Crippen LogP) is 0.132. The van der Waals surface area contributed by atoms with Crippen LogP contribution in [-0.2, 0) is 0 Å². The topological polar surface area (TPSA) is 26.0 Å². The van der Waals surface area contributed by atoms with E-state index in [-0.39, 0.29) is 0 Å². The number of rotatable bonds is 0. The first-order valence-corrected chi connectivity index (χ1v) is 3.79. The molecule has 0 fully saturated rings. The van der Waals surface area contributed by atoms with Gasteiger partial charge in [-0.1, -0.05) is 11.5 Å². The molecule has 2 N–H and O–H groups in total. The molecular formula is C6H7BIN. The van der Waals surface area contributed by atoms with E-state index >= 15 is 0 Å². The van der Waals surface area contributed by atoms with Gasteiger partial charge in [-0.3, -0.25) is 0 Å². The summed E-state index contributed by atoms with van der Waals surface area (Å²) in [5, 5.41) is 0. The lowest BCUT2D eigenvalue weighted by Crippen LogP contribution is -2.03. The zero-order chi connectivity index (χ0) is 6.85. The van der Waals surface area contributed by atoms with Crippen LogP contribution >= 0.6 is 22.6 Å². The number of nitrogens with two attached hydrogens (primary N) is 1. The van der Waals surface area contributed by atoms with E-state index < -0.39 is 0 Å². The Hall–Kier alpha value is -0.185. The fraction of sp³-hybridized carbons (Fsp3) is 0. The molecule has 1 nitrogen and oxygen atoms in total. The molecular weight excluding hydrogens is 224 g/mol. The summed E-state index contributed by atoms with van der Waals surface area (Å²) in [5.74, 6) is 0. The van der Waals surface area contributed by atoms with E-state index in [2.05, 4.69) is 28.7 Å². The van der Waals surface area contributed by atoms with Crippen molar-refractivity contribution >= 4 is 41.6 Å². The van der Waals surface area contributed by atoms with E-state index in [0.29, 0.717) is 0 Å². The number of hydrogen-bond acceptors (Lipinski definition) is 1. The van der Waals surface area contributed by atoms with Crippen LogP contribution in [0, 0.1) is 3.57 Å². The van der Waals surface area contributed by atoms with Gasteiger partial charge in [-0.05, 0) is 34.7 Å². The quantitative estimate of drug-likeness (QED) is 0.383. The van der Waals surface area contributed by atoms with Crippen molar-refractivity contribution in [1.82, 2.24) is 0 Å². The lowest BCUT2D eigenvalue weighted by molar-refractivity contribution is 1.67. The molecule has 0 aliphatic carbocycles. The fourth-order valence-electron chi connectivity index (χ4n) is 0.663. The van der Waals surface area contributed by atoms with E-state index in [9.17, 15) is 0 Å². The Morgan fingerprint density at radius 1 is 1.44 bits per heavy atom. The van der Waals surface area contributed by atoms with Crippen LogP contribution in [-0.4, -0.2) is 7.85 Å². The van der Waals surface area contributed by atoms with Crippen LogP contribution in [0.1, 0.15) is 0 Å². The summed E-state index contributed by atoms with van der Waals surface area (Å²) in [4.78, 5) is 0. The van der Waals surface area contributed by atoms with E-state index in [4.69, 9.17) is 5.73 Å². The van der Waals surface area contributed by atoms with Crippen LogP contribution in [0.2, 0.25) is 0 Å². The Morgan fingerprint density at radius 2 is 2.11 bits per heavy atom. The van der Waals surface area contributed by atoms with Gasteiger partial charge < -0.3 is 5.73 Å². The molecule has 0 radical (unpaired) electrons. The second kappa shape index (κ2) is 2.60. The molecule has 0 aliphatic heterocycles. The fourth-order valence-corrected chi connectivity index (χ4v) is 0.999. The Morgan fingerprint density at radius 3 is 2.56 bits per heavy atom. The maximum atomic E-state index is 5.61. The highest BCUT2D eigenvalue weighted by Gasteiger charge is 1.91. The van der Waals surface area contributed by atoms with Crippen LogP contribution in [0.15, 0.2) is 18.2 Å². The summed E-state index contributed by atoms with van der Waals surface area (Å²) in [6, 6.07) is 6.05. The molecule has 0 atom stereocenters. The van der Waals surface area contributed by atoms with Crippen LogP contribution in [0.5, 0.6) is 0 Å². The van der Waals surface area contributed by atoms with E-state index in [1.807, 2.05) is 20.0 Å². The monoisotopic (exact) mass is 231 g/mol. The maximum absolute atomic E-state index is 5.61. The second-order valence-electron chi connectivity index (χ2n) is 2.02. The predicted molar refractivity (Wildman–Crippen MR) is 51.7 cm³/mol. The Kier molecular flexibility index (Phi) is 2.00. The van der Waals surface area contributed by atoms with Gasteiger partial charge >= 0.3 is 0 Å². The van der Waals surface area contributed by atoms with Crippen molar-refractivity contribution in [2.45, 2.75) is 0 Å². The highest BCUT2D eigenvalue weighted by Crippen LogP contribution is 2.10. The molecule has 1 rings (SSSR count). The van der Waals surface area contributed by atoms with Crippen molar-refractivity contribution in [3.63, 3.8) is 0 Å². The molecule has 0 bridgehead atoms. The molecule has 0 aliphatic rings. The standard InChI is InChI=1S/C6H7BIN/c7-4-1-2-5(8)6(9)3-4/h1-3H,7,9H2. The minimum absolute atomic E-state index is 0.871. The molecule has 0 amide bonds. The molecule has 46 valence electrons. The van der Waals surface area contributed by atoms with Crippen molar-refractivity contribution in [2.75, 3.05) is 5.73 Å². The molecule has 0 unspecified atom stereocenters. The largest absolute Gasteiger partial charge is 0.398 e. The van der Waals surface area contributed by atoms with Crippen LogP contribution < -0.4 is 11.2 Å². The van der Waals surface area contributed by atoms with Gasteiger partial charge in [-0.2, -0.15) is 0 Å². The number of halogens is 1. The second-order valence-corrected chi connectivity index (χ2v) is 3.19. The first kappa shape index (κ1) is 6.93. The van der Waals surface area contributed by atoms with Gasteiger partial charge in [0.25, 0.3) is 0 Å². The molecule has 1 aromatic rings. The molecule has 3 heteroatoms. The molecule has 0 saturated heterocycles. The lowest BCUT2D eigenvalue weighted by Gasteiger charge is -1.97. The normalized spacial score (nSPS) is 9.44. The third-order valence-corrected chi connectivity index (χ3v) is 2.13. The Bertz CT molecular complexity index is 224. The highest BCUT2D eigenvalue weighted by molar-refractivity contribution is 14.1. The molecule has 0 spiro atoms. The van der Waals surface area contributed by atoms with Gasteiger partial charge in [0.05, 0.1) is 0 Å². The van der Waals surface area contributed by atoms with Crippen molar-refractivity contribution in [2.24, 2.45) is 0 Å². The summed E-state index contributed by atoms with van der Waals surface area (Å²) in [6.45, 7) is 0. The van der Waals surface area contributed by atoms with Crippen molar-refractivity contribution in [1.29, 1.82) is 0 Å². The molecule has 9 heavy (non-hydrogen) atoms. The van der Waals surface area contributed by atoms with Crippen molar-refractivity contribution in [3.8, 4) is 0 Å². The van der Waals surface area contributed by atoms with Crippen LogP contribution in [0.3, 0.4) is 0 Å². The average Bonchev–Trinajstić information content (AvgIpc) is 1.80. The van der Waals surface area contributed by atoms with Crippen LogP contribution in [0.4, 0.5) is 5.69 Å². The molecule has 0 saturated carbocycles. The minimum atomic E-state index is 0.871. The zero-order valence-corrected chi connectivity index (χ0v) is 7.34. The summed E-state index contributed by atoms with van der Waals surface area (Å²) in [7, 11) is 2.03. The zero-order valence-electron chi connectivity index (χ0n) is 5.19. The maximum Gasteiger partial charge on any atom is 0.139 e. The summed E-state index contributed by atoms with van der Waals surface area (Å²) in [5.41, 5.74) is 7.70. The first-order valence-electron chi connectivity index (χ1n) is 2.72. The molecule has 0 heterocycles. The smallest absolute Gasteiger partial charge is 0.139 e. The van der Waals surface area contributed by atoms with E-state index in [0.717, 1.165) is 9.26 Å². The first-order chi connectivity index (χ1) is 4.20.